The third kappa shape index (κ3) is 1.84. The van der Waals surface area contributed by atoms with E-state index in [1.54, 1.807) is 18.2 Å². The first-order valence-electron chi connectivity index (χ1n) is 10.5. The molecule has 2 N–H and O–H groups in total. The minimum Gasteiger partial charge on any atom is -0.497 e. The molecule has 3 aliphatic rings. The Morgan fingerprint density at radius 1 is 1.45 bits per heavy atom. The van der Waals surface area contributed by atoms with Crippen molar-refractivity contribution in [1.82, 2.24) is 0 Å². The molecule has 2 fully saturated rings. The number of methoxy groups -OCH3 is 1. The zero-order chi connectivity index (χ0) is 19.8. The number of hydrazone groups is 1. The monoisotopic (exact) mass is 303 g/mol. The average Bonchev–Trinajstić information content (AvgIpc) is 2.96. The largest absolute Gasteiger partial charge is 0.497 e. The molecule has 0 bridgehead atoms. The highest BCUT2D eigenvalue weighted by atomic mass is 16.5. The van der Waals surface area contributed by atoms with Crippen molar-refractivity contribution in [2.24, 2.45) is 28.2 Å². The normalized spacial score (nSPS) is 49.5. The van der Waals surface area contributed by atoms with Crippen LogP contribution >= 0.6 is 0 Å². The number of ether oxygens (including phenoxy) is 1. The first-order valence-corrected chi connectivity index (χ1v) is 8.00. The van der Waals surface area contributed by atoms with Crippen molar-refractivity contribution in [2.45, 2.75) is 51.2 Å². The maximum Gasteiger partial charge on any atom is 0.119 e. The first kappa shape index (κ1) is 9.59. The number of hydrogen-bond acceptors (Lipinski definition) is 3. The van der Waals surface area contributed by atoms with Crippen molar-refractivity contribution in [2.75, 3.05) is 7.11 Å². The lowest BCUT2D eigenvalue weighted by Gasteiger charge is -2.49. The van der Waals surface area contributed by atoms with Gasteiger partial charge in [0.05, 0.1) is 7.11 Å². The van der Waals surface area contributed by atoms with Gasteiger partial charge in [0.1, 0.15) is 5.75 Å². The van der Waals surface area contributed by atoms with E-state index in [0.29, 0.717) is 37.0 Å². The Bertz CT molecular complexity index is 826. The molecular formula is C19H26N2O. The molecule has 118 valence electrons. The summed E-state index contributed by atoms with van der Waals surface area (Å²) in [5.41, 5.74) is 1.35. The molecule has 4 atom stereocenters. The summed E-state index contributed by atoms with van der Waals surface area (Å²) in [5, 5.41) is 3.98. The molecule has 1 aromatic carbocycles. The van der Waals surface area contributed by atoms with Gasteiger partial charge in [-0.2, -0.15) is 5.10 Å². The van der Waals surface area contributed by atoms with Crippen LogP contribution in [0.4, 0.5) is 0 Å². The molecular weight excluding hydrogens is 272 g/mol. The molecule has 0 amide bonds. The predicted molar refractivity (Wildman–Crippen MR) is 89.2 cm³/mol. The molecule has 0 heterocycles. The van der Waals surface area contributed by atoms with Gasteiger partial charge < -0.3 is 10.6 Å². The number of nitrogens with zero attached hydrogens (tertiary/aromatic N) is 1. The number of hydrogen-bond donors (Lipinski definition) is 1. The molecule has 3 heteroatoms. The second-order valence-electron chi connectivity index (χ2n) is 6.82. The van der Waals surface area contributed by atoms with Crippen LogP contribution in [0, 0.1) is 17.3 Å². The van der Waals surface area contributed by atoms with Crippen LogP contribution in [0.15, 0.2) is 23.3 Å². The fourth-order valence-corrected chi connectivity index (χ4v) is 4.66. The minimum absolute atomic E-state index is 0.161. The maximum absolute atomic E-state index is 9.36. The van der Waals surface area contributed by atoms with Crippen molar-refractivity contribution in [3.8, 4) is 5.75 Å². The van der Waals surface area contributed by atoms with Gasteiger partial charge in [0.25, 0.3) is 0 Å². The van der Waals surface area contributed by atoms with Crippen LogP contribution in [-0.4, -0.2) is 12.8 Å². The van der Waals surface area contributed by atoms with Crippen LogP contribution in [-0.2, 0) is 6.37 Å². The number of fused-ring (bicyclic) bond motifs is 5. The van der Waals surface area contributed by atoms with Crippen LogP contribution in [0.25, 0.3) is 0 Å². The van der Waals surface area contributed by atoms with Gasteiger partial charge in [-0.1, -0.05) is 13.0 Å². The second kappa shape index (κ2) is 5.00. The van der Waals surface area contributed by atoms with Gasteiger partial charge in [0.15, 0.2) is 0 Å². The Labute approximate surface area is 140 Å². The molecule has 2 saturated carbocycles. The van der Waals surface area contributed by atoms with Crippen LogP contribution in [0.3, 0.4) is 0 Å². The van der Waals surface area contributed by atoms with Crippen LogP contribution in [0.1, 0.15) is 62.9 Å². The summed E-state index contributed by atoms with van der Waals surface area (Å²) >= 11 is 0. The van der Waals surface area contributed by atoms with Gasteiger partial charge in [0.2, 0.25) is 0 Å². The Morgan fingerprint density at radius 3 is 3.09 bits per heavy atom. The van der Waals surface area contributed by atoms with Gasteiger partial charge >= 0.3 is 0 Å². The van der Waals surface area contributed by atoms with Gasteiger partial charge in [-0.3, -0.25) is 0 Å². The summed E-state index contributed by atoms with van der Waals surface area (Å²) in [6.45, 7) is 2.06. The van der Waals surface area contributed by atoms with E-state index in [1.165, 1.54) is 7.11 Å². The van der Waals surface area contributed by atoms with Crippen molar-refractivity contribution in [3.05, 3.63) is 29.3 Å². The van der Waals surface area contributed by atoms with E-state index in [0.717, 1.165) is 5.71 Å². The minimum atomic E-state index is -2.22. The Kier molecular flexibility index (Phi) is 2.18. The molecule has 0 aromatic heterocycles. The van der Waals surface area contributed by atoms with E-state index < -0.39 is 24.6 Å². The highest BCUT2D eigenvalue weighted by molar-refractivity contribution is 5.92. The molecule has 0 spiro atoms. The number of rotatable bonds is 1. The highest BCUT2D eigenvalue weighted by Gasteiger charge is 2.53. The molecule has 0 aliphatic heterocycles. The molecule has 4 rings (SSSR count). The van der Waals surface area contributed by atoms with E-state index in [-0.39, 0.29) is 16.9 Å². The third-order valence-electron chi connectivity index (χ3n) is 5.95. The molecule has 1 aromatic rings. The van der Waals surface area contributed by atoms with E-state index in [2.05, 4.69) is 12.0 Å². The van der Waals surface area contributed by atoms with Crippen LogP contribution in [0.2, 0.25) is 0 Å². The zero-order valence-corrected chi connectivity index (χ0v) is 13.1. The van der Waals surface area contributed by atoms with Gasteiger partial charge in [-0.15, -0.1) is 0 Å². The standard InChI is InChI=1S/C19H26N2O/c1-19-10-9-15-14-6-4-13(22-2)11-12(14)3-5-16(15)17(19)7-8-18(19)21-20/h4,6,11,15-17H,3,5,7-10,20H2,1-2H3/b21-18+/t15-,16-,17+,19+/m1/s1/i3D2,5D2,15D. The van der Waals surface area contributed by atoms with Crippen molar-refractivity contribution < 1.29 is 11.6 Å². The lowest BCUT2D eigenvalue weighted by Crippen LogP contribution is -2.42. The lowest BCUT2D eigenvalue weighted by atomic mass is 9.55. The average molecular weight is 303 g/mol. The van der Waals surface area contributed by atoms with Crippen molar-refractivity contribution >= 4 is 5.71 Å². The van der Waals surface area contributed by atoms with Crippen molar-refractivity contribution in [1.29, 1.82) is 0 Å². The van der Waals surface area contributed by atoms with E-state index in [1.807, 2.05) is 0 Å². The quantitative estimate of drug-likeness (QED) is 0.632. The SMILES string of the molecule is [2H]C1([2H])c2cc(OC)ccc2[C@@]2([2H])CC[C@]3(C)/C(=N/N)CC[C@H]3[C@@H]2C1([2H])[2H]. The molecule has 22 heavy (non-hydrogen) atoms. The summed E-state index contributed by atoms with van der Waals surface area (Å²) in [6.07, 6.45) is -1.86. The second-order valence-corrected chi connectivity index (χ2v) is 6.82. The Morgan fingerprint density at radius 2 is 2.32 bits per heavy atom. The van der Waals surface area contributed by atoms with Crippen molar-refractivity contribution in [3.63, 3.8) is 0 Å². The van der Waals surface area contributed by atoms with Gasteiger partial charge in [-0.05, 0) is 79.4 Å². The van der Waals surface area contributed by atoms with Crippen LogP contribution < -0.4 is 10.6 Å². The fraction of sp³-hybridized carbons (Fsp3) is 0.632. The summed E-state index contributed by atoms with van der Waals surface area (Å²) in [4.78, 5) is 0. The van der Waals surface area contributed by atoms with Gasteiger partial charge in [-0.25, -0.2) is 0 Å². The van der Waals surface area contributed by atoms with E-state index in [4.69, 9.17) is 16.1 Å². The van der Waals surface area contributed by atoms with E-state index >= 15 is 0 Å². The summed E-state index contributed by atoms with van der Waals surface area (Å²) in [7, 11) is 1.51. The predicted octanol–water partition coefficient (Wildman–Crippen LogP) is 3.87. The topological polar surface area (TPSA) is 47.6 Å². The summed E-state index contributed by atoms with van der Waals surface area (Å²) in [6, 6.07) is 5.07. The number of nitrogens with two attached hydrogens (primary N) is 1. The van der Waals surface area contributed by atoms with E-state index in [9.17, 15) is 1.37 Å². The maximum atomic E-state index is 9.36. The number of benzene rings is 1. The van der Waals surface area contributed by atoms with Gasteiger partial charge in [0, 0.05) is 18.0 Å². The van der Waals surface area contributed by atoms with Crippen LogP contribution in [0.5, 0.6) is 5.75 Å². The third-order valence-corrected chi connectivity index (χ3v) is 5.95. The first-order chi connectivity index (χ1) is 12.5. The number of aryl methyl sites for hydroxylation is 1. The molecule has 0 radical (unpaired) electrons. The fourth-order valence-electron chi connectivity index (χ4n) is 4.66. The smallest absolute Gasteiger partial charge is 0.119 e. The molecule has 3 nitrogen and oxygen atoms in total. The lowest BCUT2D eigenvalue weighted by molar-refractivity contribution is 0.0955. The molecule has 0 saturated heterocycles. The highest BCUT2D eigenvalue weighted by Crippen LogP contribution is 2.59. The summed E-state index contributed by atoms with van der Waals surface area (Å²) in [5.74, 6) is 4.00. The Hall–Kier alpha value is -1.51. The molecule has 3 aliphatic carbocycles. The Balaban J connectivity index is 1.96. The summed E-state index contributed by atoms with van der Waals surface area (Å²) < 4.78 is 49.7. The zero-order valence-electron chi connectivity index (χ0n) is 18.1. The molecule has 0 unspecified atom stereocenters.